The zero-order chi connectivity index (χ0) is 26.4. The lowest BCUT2D eigenvalue weighted by Crippen LogP contribution is -2.38. The maximum atomic E-state index is 12.5. The van der Waals surface area contributed by atoms with Crippen molar-refractivity contribution in [3.05, 3.63) is 86.9 Å². The van der Waals surface area contributed by atoms with E-state index in [9.17, 15) is 15.0 Å². The Labute approximate surface area is 214 Å². The van der Waals surface area contributed by atoms with Gasteiger partial charge in [0.05, 0.1) is 5.92 Å². The third kappa shape index (κ3) is 4.61. The Morgan fingerprint density at radius 2 is 1.92 bits per heavy atom. The van der Waals surface area contributed by atoms with Crippen molar-refractivity contribution in [1.29, 1.82) is 0 Å². The molecule has 0 saturated heterocycles. The van der Waals surface area contributed by atoms with E-state index in [-0.39, 0.29) is 34.5 Å². The first-order valence-corrected chi connectivity index (χ1v) is 12.8. The lowest BCUT2D eigenvalue weighted by atomic mass is 9.62. The Hall–Kier alpha value is -3.27. The van der Waals surface area contributed by atoms with Gasteiger partial charge in [0.2, 0.25) is 0 Å². The van der Waals surface area contributed by atoms with Crippen LogP contribution in [0.3, 0.4) is 0 Å². The third-order valence-electron chi connectivity index (χ3n) is 8.11. The number of carbonyl (C=O) groups is 1. The number of hydrogen-bond acceptors (Lipinski definition) is 4. The summed E-state index contributed by atoms with van der Waals surface area (Å²) in [7, 11) is 0. The van der Waals surface area contributed by atoms with Crippen molar-refractivity contribution in [3.8, 4) is 11.5 Å². The number of furan rings is 1. The van der Waals surface area contributed by atoms with E-state index >= 15 is 0 Å². The first-order chi connectivity index (χ1) is 16.9. The van der Waals surface area contributed by atoms with Gasteiger partial charge >= 0.3 is 0 Å². The van der Waals surface area contributed by atoms with Gasteiger partial charge in [0.25, 0.3) is 0 Å². The third-order valence-corrected chi connectivity index (χ3v) is 8.11. The van der Waals surface area contributed by atoms with E-state index in [2.05, 4.69) is 52.8 Å². The van der Waals surface area contributed by atoms with Gasteiger partial charge in [-0.15, -0.1) is 0 Å². The average Bonchev–Trinajstić information content (AvgIpc) is 3.11. The first kappa shape index (κ1) is 25.8. The van der Waals surface area contributed by atoms with Crippen LogP contribution >= 0.6 is 0 Å². The van der Waals surface area contributed by atoms with E-state index < -0.39 is 0 Å². The number of allylic oxidation sites excluding steroid dienone is 7. The number of benzene rings is 1. The van der Waals surface area contributed by atoms with Crippen molar-refractivity contribution >= 4 is 11.9 Å². The number of phenols is 2. The molecule has 0 aliphatic heterocycles. The second kappa shape index (κ2) is 9.65. The first-order valence-electron chi connectivity index (χ1n) is 12.8. The number of fused-ring (bicyclic) bond motifs is 2. The Balaban J connectivity index is 1.84. The van der Waals surface area contributed by atoms with E-state index in [0.29, 0.717) is 11.1 Å². The molecule has 2 aliphatic rings. The molecule has 1 aromatic carbocycles. The van der Waals surface area contributed by atoms with Crippen LogP contribution in [0.15, 0.2) is 57.6 Å². The Morgan fingerprint density at radius 1 is 1.19 bits per heavy atom. The predicted octanol–water partition coefficient (Wildman–Crippen LogP) is 7.85. The molecule has 4 nitrogen and oxygen atoms in total. The number of aryl methyl sites for hydroxylation is 1. The van der Waals surface area contributed by atoms with Gasteiger partial charge < -0.3 is 14.6 Å². The van der Waals surface area contributed by atoms with Gasteiger partial charge in [-0.25, -0.2) is 0 Å². The van der Waals surface area contributed by atoms with Crippen LogP contribution < -0.4 is 0 Å². The minimum Gasteiger partial charge on any atom is -0.508 e. The molecular formula is C32H38O4. The highest BCUT2D eigenvalue weighted by atomic mass is 16.3. The Kier molecular flexibility index (Phi) is 6.92. The minimum atomic E-state index is -0.351. The molecule has 4 heteroatoms. The molecule has 36 heavy (non-hydrogen) atoms. The summed E-state index contributed by atoms with van der Waals surface area (Å²) in [6.07, 6.45) is 12.6. The van der Waals surface area contributed by atoms with Crippen LogP contribution in [0.5, 0.6) is 11.5 Å². The summed E-state index contributed by atoms with van der Waals surface area (Å²) in [5.74, 6) is 1.57. The van der Waals surface area contributed by atoms with E-state index in [1.165, 1.54) is 11.1 Å². The number of rotatable bonds is 6. The van der Waals surface area contributed by atoms with Crippen LogP contribution in [-0.4, -0.2) is 16.0 Å². The summed E-state index contributed by atoms with van der Waals surface area (Å²) in [6, 6.07) is 3.21. The molecular weight excluding hydrogens is 448 g/mol. The summed E-state index contributed by atoms with van der Waals surface area (Å²) in [6.45, 7) is 14.3. The van der Waals surface area contributed by atoms with Crippen molar-refractivity contribution < 1.29 is 19.4 Å². The summed E-state index contributed by atoms with van der Waals surface area (Å²) >= 11 is 0. The summed E-state index contributed by atoms with van der Waals surface area (Å²) in [4.78, 5) is 12.5. The Bertz CT molecular complexity index is 1330. The molecule has 0 saturated carbocycles. The van der Waals surface area contributed by atoms with E-state index in [4.69, 9.17) is 4.42 Å². The molecule has 0 spiro atoms. The number of aromatic hydroxyl groups is 2. The highest BCUT2D eigenvalue weighted by Gasteiger charge is 2.44. The van der Waals surface area contributed by atoms with E-state index in [1.807, 2.05) is 13.0 Å². The van der Waals surface area contributed by atoms with Crippen molar-refractivity contribution in [2.24, 2.45) is 11.3 Å². The maximum Gasteiger partial charge on any atom is 0.159 e. The summed E-state index contributed by atoms with van der Waals surface area (Å²) in [5, 5.41) is 21.4. The molecule has 1 heterocycles. The summed E-state index contributed by atoms with van der Waals surface area (Å²) < 4.78 is 6.54. The quantitative estimate of drug-likeness (QED) is 0.322. The van der Waals surface area contributed by atoms with Gasteiger partial charge in [-0.1, -0.05) is 43.2 Å². The van der Waals surface area contributed by atoms with E-state index in [0.717, 1.165) is 47.5 Å². The Morgan fingerprint density at radius 3 is 2.61 bits per heavy atom. The second-order valence-electron chi connectivity index (χ2n) is 11.1. The molecule has 4 rings (SSSR count). The van der Waals surface area contributed by atoms with Crippen molar-refractivity contribution in [2.75, 3.05) is 0 Å². The molecule has 0 radical (unpaired) electrons. The average molecular weight is 487 g/mol. The standard InChI is InChI=1S/C32H38O4/c1-18(2)9-8-10-19(3)13-26(25-16-24(33)14-20(4)30(25)35)31-21(5)27-17-32(7)22(6)28(34)12-11-23(32)15-29(27)36-31/h9,11-16,22,26,33,35H,8,10,17H2,1-7H3/t22-,26+,32+/m0/s1. The maximum absolute atomic E-state index is 12.5. The molecule has 3 atom stereocenters. The van der Waals surface area contributed by atoms with Gasteiger partial charge in [-0.05, 0) is 94.9 Å². The lowest BCUT2D eigenvalue weighted by molar-refractivity contribution is -0.120. The van der Waals surface area contributed by atoms with Gasteiger partial charge in [0.1, 0.15) is 23.0 Å². The molecule has 2 N–H and O–H groups in total. The van der Waals surface area contributed by atoms with Gasteiger partial charge in [-0.3, -0.25) is 4.79 Å². The zero-order valence-corrected chi connectivity index (χ0v) is 22.5. The van der Waals surface area contributed by atoms with Crippen molar-refractivity contribution in [3.63, 3.8) is 0 Å². The number of ketones is 1. The number of carbonyl (C=O) groups excluding carboxylic acids is 1. The van der Waals surface area contributed by atoms with Crippen LogP contribution in [0.25, 0.3) is 6.08 Å². The number of phenolic OH excluding ortho intramolecular Hbond substituents is 2. The van der Waals surface area contributed by atoms with Crippen LogP contribution in [0.4, 0.5) is 0 Å². The highest BCUT2D eigenvalue weighted by Crippen LogP contribution is 2.50. The minimum absolute atomic E-state index is 0.106. The largest absolute Gasteiger partial charge is 0.508 e. The predicted molar refractivity (Wildman–Crippen MR) is 145 cm³/mol. The topological polar surface area (TPSA) is 70.7 Å². The molecule has 0 bridgehead atoms. The normalized spacial score (nSPS) is 22.1. The SMILES string of the molecule is CC(C)=CCCC(C)=C[C@H](c1cc(O)cc(C)c1O)c1oc2c(c1C)C[C@@]1(C)C(=C2)C=CC(=O)[C@@H]1C. The van der Waals surface area contributed by atoms with Crippen molar-refractivity contribution in [1.82, 2.24) is 0 Å². The van der Waals surface area contributed by atoms with Gasteiger partial charge in [-0.2, -0.15) is 0 Å². The molecule has 2 aromatic rings. The molecule has 2 aliphatic carbocycles. The smallest absolute Gasteiger partial charge is 0.159 e. The fraction of sp³-hybridized carbons (Fsp3) is 0.406. The monoisotopic (exact) mass is 486 g/mol. The fourth-order valence-corrected chi connectivity index (χ4v) is 5.56. The molecule has 0 fully saturated rings. The van der Waals surface area contributed by atoms with Crippen LogP contribution in [0, 0.1) is 25.2 Å². The highest BCUT2D eigenvalue weighted by molar-refractivity contribution is 5.95. The molecule has 0 amide bonds. The molecule has 0 unspecified atom stereocenters. The number of hydrogen-bond donors (Lipinski definition) is 2. The zero-order valence-electron chi connectivity index (χ0n) is 22.5. The van der Waals surface area contributed by atoms with Crippen LogP contribution in [0.1, 0.15) is 87.2 Å². The summed E-state index contributed by atoms with van der Waals surface area (Å²) in [5.41, 5.74) is 6.72. The van der Waals surface area contributed by atoms with Crippen LogP contribution in [-0.2, 0) is 11.2 Å². The van der Waals surface area contributed by atoms with E-state index in [1.54, 1.807) is 25.1 Å². The van der Waals surface area contributed by atoms with Crippen LogP contribution in [0.2, 0.25) is 0 Å². The molecule has 1 aromatic heterocycles. The lowest BCUT2D eigenvalue weighted by Gasteiger charge is -2.40. The van der Waals surface area contributed by atoms with Crippen molar-refractivity contribution in [2.45, 2.75) is 73.6 Å². The van der Waals surface area contributed by atoms with Gasteiger partial charge in [0, 0.05) is 22.5 Å². The van der Waals surface area contributed by atoms with Gasteiger partial charge in [0.15, 0.2) is 5.78 Å². The molecule has 190 valence electrons. The fourth-order valence-electron chi connectivity index (χ4n) is 5.56. The second-order valence-corrected chi connectivity index (χ2v) is 11.1.